The standard InChI is InChI=1S/C15H25NO2/c1-5-15(3,4)17-10-13-8-11(2)14(18-13)9-16-12-6-7-12/h8,12,16H,5-7,9-10H2,1-4H3. The van der Waals surface area contributed by atoms with Gasteiger partial charge in [-0.15, -0.1) is 0 Å². The van der Waals surface area contributed by atoms with Gasteiger partial charge in [0.05, 0.1) is 12.1 Å². The highest BCUT2D eigenvalue weighted by molar-refractivity contribution is 5.19. The van der Waals surface area contributed by atoms with Gasteiger partial charge < -0.3 is 14.5 Å². The number of rotatable bonds is 7. The first-order chi connectivity index (χ1) is 8.50. The molecule has 1 aromatic rings. The van der Waals surface area contributed by atoms with Crippen LogP contribution in [-0.2, 0) is 17.9 Å². The van der Waals surface area contributed by atoms with Crippen molar-refractivity contribution in [1.29, 1.82) is 0 Å². The van der Waals surface area contributed by atoms with E-state index in [0.717, 1.165) is 24.5 Å². The van der Waals surface area contributed by atoms with Crippen LogP contribution in [0.5, 0.6) is 0 Å². The van der Waals surface area contributed by atoms with Crippen LogP contribution < -0.4 is 5.32 Å². The third-order valence-corrected chi connectivity index (χ3v) is 3.66. The van der Waals surface area contributed by atoms with Gasteiger partial charge in [-0.1, -0.05) is 6.92 Å². The topological polar surface area (TPSA) is 34.4 Å². The van der Waals surface area contributed by atoms with Crippen LogP contribution in [-0.4, -0.2) is 11.6 Å². The van der Waals surface area contributed by atoms with Crippen molar-refractivity contribution in [3.8, 4) is 0 Å². The smallest absolute Gasteiger partial charge is 0.130 e. The molecule has 3 heteroatoms. The number of nitrogens with one attached hydrogen (secondary N) is 1. The van der Waals surface area contributed by atoms with E-state index >= 15 is 0 Å². The van der Waals surface area contributed by atoms with Crippen LogP contribution >= 0.6 is 0 Å². The van der Waals surface area contributed by atoms with Gasteiger partial charge in [-0.3, -0.25) is 0 Å². The Labute approximate surface area is 110 Å². The Kier molecular flexibility index (Phi) is 4.13. The van der Waals surface area contributed by atoms with Gasteiger partial charge in [0, 0.05) is 6.04 Å². The van der Waals surface area contributed by atoms with Gasteiger partial charge in [-0.05, 0) is 51.7 Å². The molecule has 1 aromatic heterocycles. The minimum absolute atomic E-state index is 0.0763. The molecule has 0 atom stereocenters. The molecule has 0 aliphatic heterocycles. The molecule has 1 saturated carbocycles. The van der Waals surface area contributed by atoms with E-state index in [1.54, 1.807) is 0 Å². The van der Waals surface area contributed by atoms with Gasteiger partial charge in [0.15, 0.2) is 0 Å². The maximum atomic E-state index is 5.86. The first-order valence-electron chi connectivity index (χ1n) is 6.95. The van der Waals surface area contributed by atoms with Crippen LogP contribution in [0.2, 0.25) is 0 Å². The third kappa shape index (κ3) is 3.85. The lowest BCUT2D eigenvalue weighted by Gasteiger charge is -2.22. The average Bonchev–Trinajstić information content (AvgIpc) is 3.09. The molecule has 0 aromatic carbocycles. The van der Waals surface area contributed by atoms with E-state index in [2.05, 4.69) is 39.1 Å². The second kappa shape index (κ2) is 5.45. The van der Waals surface area contributed by atoms with Crippen LogP contribution in [0, 0.1) is 6.92 Å². The Morgan fingerprint density at radius 2 is 2.17 bits per heavy atom. The lowest BCUT2D eigenvalue weighted by molar-refractivity contribution is -0.0386. The van der Waals surface area contributed by atoms with E-state index in [4.69, 9.17) is 9.15 Å². The van der Waals surface area contributed by atoms with Gasteiger partial charge in [-0.25, -0.2) is 0 Å². The average molecular weight is 251 g/mol. The first-order valence-corrected chi connectivity index (χ1v) is 6.95. The molecule has 0 unspecified atom stereocenters. The van der Waals surface area contributed by atoms with Crippen molar-refractivity contribution in [3.05, 3.63) is 23.2 Å². The minimum atomic E-state index is -0.0763. The van der Waals surface area contributed by atoms with E-state index in [9.17, 15) is 0 Å². The number of aryl methyl sites for hydroxylation is 1. The van der Waals surface area contributed by atoms with Crippen LogP contribution in [0.1, 0.15) is 57.1 Å². The molecule has 1 N–H and O–H groups in total. The maximum Gasteiger partial charge on any atom is 0.130 e. The molecule has 2 rings (SSSR count). The predicted octanol–water partition coefficient (Wildman–Crippen LogP) is 3.55. The molecule has 0 radical (unpaired) electrons. The Bertz CT molecular complexity index is 391. The summed E-state index contributed by atoms with van der Waals surface area (Å²) in [6.07, 6.45) is 3.61. The fourth-order valence-electron chi connectivity index (χ4n) is 1.73. The van der Waals surface area contributed by atoms with Gasteiger partial charge in [-0.2, -0.15) is 0 Å². The van der Waals surface area contributed by atoms with Crippen molar-refractivity contribution in [2.75, 3.05) is 0 Å². The zero-order valence-electron chi connectivity index (χ0n) is 12.0. The molecular weight excluding hydrogens is 226 g/mol. The summed E-state index contributed by atoms with van der Waals surface area (Å²) in [6.45, 7) is 9.86. The second-order valence-electron chi connectivity index (χ2n) is 5.88. The highest BCUT2D eigenvalue weighted by Crippen LogP contribution is 2.22. The molecule has 18 heavy (non-hydrogen) atoms. The molecular formula is C15H25NO2. The van der Waals surface area contributed by atoms with E-state index in [1.165, 1.54) is 18.4 Å². The highest BCUT2D eigenvalue weighted by Gasteiger charge is 2.21. The number of furan rings is 1. The maximum absolute atomic E-state index is 5.86. The van der Waals surface area contributed by atoms with Gasteiger partial charge in [0.1, 0.15) is 18.1 Å². The fourth-order valence-corrected chi connectivity index (χ4v) is 1.73. The van der Waals surface area contributed by atoms with Crippen LogP contribution in [0.4, 0.5) is 0 Å². The molecule has 0 spiro atoms. The monoisotopic (exact) mass is 251 g/mol. The molecule has 1 heterocycles. The van der Waals surface area contributed by atoms with E-state index in [0.29, 0.717) is 12.6 Å². The Hall–Kier alpha value is -0.800. The Balaban J connectivity index is 1.86. The lowest BCUT2D eigenvalue weighted by Crippen LogP contribution is -2.22. The van der Waals surface area contributed by atoms with E-state index < -0.39 is 0 Å². The summed E-state index contributed by atoms with van der Waals surface area (Å²) in [4.78, 5) is 0. The van der Waals surface area contributed by atoms with Crippen LogP contribution in [0.25, 0.3) is 0 Å². The summed E-state index contributed by atoms with van der Waals surface area (Å²) >= 11 is 0. The quantitative estimate of drug-likeness (QED) is 0.805. The van der Waals surface area contributed by atoms with Gasteiger partial charge in [0.2, 0.25) is 0 Å². The van der Waals surface area contributed by atoms with Crippen molar-refractivity contribution < 1.29 is 9.15 Å². The summed E-state index contributed by atoms with van der Waals surface area (Å²) < 4.78 is 11.7. The summed E-state index contributed by atoms with van der Waals surface area (Å²) in [5.74, 6) is 1.98. The number of hydrogen-bond acceptors (Lipinski definition) is 3. The summed E-state index contributed by atoms with van der Waals surface area (Å²) in [6, 6.07) is 2.81. The fraction of sp³-hybridized carbons (Fsp3) is 0.733. The van der Waals surface area contributed by atoms with Gasteiger partial charge >= 0.3 is 0 Å². The number of hydrogen-bond donors (Lipinski definition) is 1. The van der Waals surface area contributed by atoms with Crippen LogP contribution in [0.3, 0.4) is 0 Å². The summed E-state index contributed by atoms with van der Waals surface area (Å²) in [5, 5.41) is 3.48. The molecule has 0 saturated heterocycles. The first kappa shape index (κ1) is 13.6. The SMILES string of the molecule is CCC(C)(C)OCc1cc(C)c(CNC2CC2)o1. The van der Waals surface area contributed by atoms with Crippen molar-refractivity contribution in [2.24, 2.45) is 0 Å². The second-order valence-corrected chi connectivity index (χ2v) is 5.88. The Morgan fingerprint density at radius 3 is 2.78 bits per heavy atom. The van der Waals surface area contributed by atoms with Crippen LogP contribution in [0.15, 0.2) is 10.5 Å². The predicted molar refractivity (Wildman–Crippen MR) is 72.5 cm³/mol. The van der Waals surface area contributed by atoms with E-state index in [-0.39, 0.29) is 5.60 Å². The molecule has 3 nitrogen and oxygen atoms in total. The minimum Gasteiger partial charge on any atom is -0.462 e. The normalized spacial score (nSPS) is 16.2. The zero-order valence-corrected chi connectivity index (χ0v) is 12.0. The highest BCUT2D eigenvalue weighted by atomic mass is 16.5. The summed E-state index contributed by atoms with van der Waals surface area (Å²) in [5.41, 5.74) is 1.14. The van der Waals surface area contributed by atoms with E-state index in [1.807, 2.05) is 0 Å². The lowest BCUT2D eigenvalue weighted by atomic mass is 10.1. The molecule has 1 aliphatic carbocycles. The van der Waals surface area contributed by atoms with Crippen molar-refractivity contribution in [3.63, 3.8) is 0 Å². The molecule has 0 amide bonds. The Morgan fingerprint density at radius 1 is 1.44 bits per heavy atom. The van der Waals surface area contributed by atoms with Crippen molar-refractivity contribution in [1.82, 2.24) is 5.32 Å². The number of ether oxygens (including phenoxy) is 1. The largest absolute Gasteiger partial charge is 0.462 e. The van der Waals surface area contributed by atoms with Crippen molar-refractivity contribution in [2.45, 2.75) is 71.8 Å². The molecule has 0 bridgehead atoms. The van der Waals surface area contributed by atoms with Crippen molar-refractivity contribution >= 4 is 0 Å². The van der Waals surface area contributed by atoms with Gasteiger partial charge in [0.25, 0.3) is 0 Å². The molecule has 1 fully saturated rings. The molecule has 102 valence electrons. The third-order valence-electron chi connectivity index (χ3n) is 3.66. The molecule has 1 aliphatic rings. The summed E-state index contributed by atoms with van der Waals surface area (Å²) in [7, 11) is 0. The zero-order chi connectivity index (χ0) is 13.2.